The van der Waals surface area contributed by atoms with Crippen molar-refractivity contribution in [2.75, 3.05) is 0 Å². The van der Waals surface area contributed by atoms with Gasteiger partial charge in [0.2, 0.25) is 0 Å². The van der Waals surface area contributed by atoms with Gasteiger partial charge in [-0.3, -0.25) is 9.79 Å². The fraction of sp³-hybridized carbons (Fsp3) is 0. The van der Waals surface area contributed by atoms with Gasteiger partial charge in [0.05, 0.1) is 0 Å². The molecular formula is H4FNdO3PSr. The maximum absolute atomic E-state index is 10.4. The van der Waals surface area contributed by atoms with Gasteiger partial charge >= 0.3 is 53.4 Å². The molecule has 0 rings (SSSR count). The van der Waals surface area contributed by atoms with E-state index in [0.29, 0.717) is 0 Å². The Hall–Kier alpha value is 2.91. The molecule has 0 amide bonds. The SMILES string of the molecule is O=P(O)(O)F.[H-].[H-].[Nd].[Sr+2]. The molecule has 7 heavy (non-hydrogen) atoms. The monoisotopic (exact) mass is 332 g/mol. The predicted molar refractivity (Wildman–Crippen MR) is 21.1 cm³/mol. The summed E-state index contributed by atoms with van der Waals surface area (Å²) in [5.74, 6) is 0. The molecule has 7 heteroatoms. The molecule has 0 aromatic heterocycles. The molecule has 0 aliphatic heterocycles. The third-order valence-corrected chi connectivity index (χ3v) is 0. The van der Waals surface area contributed by atoms with E-state index < -0.39 is 7.91 Å². The standard InChI is InChI=1S/FH2O3P.Nd.Sr.2H/c1-5(2,3)4;;;;/h(H2,2,3,4);;;;/q;;+2;2*-1. The average Bonchev–Trinajstić information content (AvgIpc) is 0.722. The normalized spacial score (nSPS) is 8.43. The van der Waals surface area contributed by atoms with Crippen LogP contribution in [0, 0.1) is 40.8 Å². The molecule has 2 N–H and O–H groups in total. The third kappa shape index (κ3) is 50.2. The van der Waals surface area contributed by atoms with Crippen LogP contribution in [0.5, 0.6) is 0 Å². The minimum Gasteiger partial charge on any atom is -1.00 e. The second-order valence-electron chi connectivity index (χ2n) is 0.473. The summed E-state index contributed by atoms with van der Waals surface area (Å²) in [7, 11) is -5.14. The fourth-order valence-electron chi connectivity index (χ4n) is 0. The summed E-state index contributed by atoms with van der Waals surface area (Å²) in [4.78, 5) is 13.9. The Labute approximate surface area is 113 Å². The first-order valence-corrected chi connectivity index (χ1v) is 2.25. The molecule has 0 aromatic carbocycles. The van der Waals surface area contributed by atoms with E-state index in [9.17, 15) is 4.20 Å². The maximum Gasteiger partial charge on any atom is 2.00 e. The fourth-order valence-corrected chi connectivity index (χ4v) is 0. The summed E-state index contributed by atoms with van der Waals surface area (Å²) in [6.07, 6.45) is 0. The quantitative estimate of drug-likeness (QED) is 0.480. The van der Waals surface area contributed by atoms with E-state index in [0.717, 1.165) is 0 Å². The van der Waals surface area contributed by atoms with Crippen molar-refractivity contribution in [3.05, 3.63) is 0 Å². The van der Waals surface area contributed by atoms with Gasteiger partial charge in [0.25, 0.3) is 0 Å². The van der Waals surface area contributed by atoms with E-state index in [1.807, 2.05) is 0 Å². The molecule has 40 valence electrons. The Balaban J connectivity index is -0.0000000133. The largest absolute Gasteiger partial charge is 2.00 e. The second kappa shape index (κ2) is 7.02. The first-order chi connectivity index (χ1) is 2.00. The van der Waals surface area contributed by atoms with E-state index >= 15 is 0 Å². The van der Waals surface area contributed by atoms with Gasteiger partial charge in [-0.2, -0.15) is 0 Å². The van der Waals surface area contributed by atoms with Gasteiger partial charge in [0.15, 0.2) is 0 Å². The first kappa shape index (κ1) is 16.5. The minimum absolute atomic E-state index is 0. The molecule has 0 heterocycles. The summed E-state index contributed by atoms with van der Waals surface area (Å²) in [6, 6.07) is 0. The van der Waals surface area contributed by atoms with E-state index in [1.165, 1.54) is 0 Å². The molecule has 3 nitrogen and oxygen atoms in total. The van der Waals surface area contributed by atoms with Crippen LogP contribution in [-0.2, 0) is 4.57 Å². The zero-order chi connectivity index (χ0) is 4.50. The zero-order valence-corrected chi connectivity index (χ0v) is 10.9. The third-order valence-electron chi connectivity index (χ3n) is 0. The Morgan fingerprint density at radius 3 is 1.57 bits per heavy atom. The van der Waals surface area contributed by atoms with Crippen molar-refractivity contribution in [1.82, 2.24) is 0 Å². The smallest absolute Gasteiger partial charge is 1.00 e. The molecule has 0 bridgehead atoms. The van der Waals surface area contributed by atoms with Crippen LogP contribution < -0.4 is 0 Å². The van der Waals surface area contributed by atoms with Gasteiger partial charge in [-0.15, -0.1) is 4.20 Å². The zero-order valence-electron chi connectivity index (χ0n) is 5.33. The molecule has 0 atom stereocenters. The van der Waals surface area contributed by atoms with Crippen LogP contribution in [0.1, 0.15) is 2.85 Å². The molecule has 0 aliphatic carbocycles. The Morgan fingerprint density at radius 1 is 1.57 bits per heavy atom. The summed E-state index contributed by atoms with van der Waals surface area (Å²) in [5.41, 5.74) is 0. The van der Waals surface area contributed by atoms with Crippen LogP contribution >= 0.6 is 7.91 Å². The van der Waals surface area contributed by atoms with Crippen LogP contribution in [0.3, 0.4) is 0 Å². The van der Waals surface area contributed by atoms with Crippen molar-refractivity contribution in [2.24, 2.45) is 0 Å². The summed E-state index contributed by atoms with van der Waals surface area (Å²) >= 11 is 0. The van der Waals surface area contributed by atoms with Crippen LogP contribution in [0.15, 0.2) is 0 Å². The van der Waals surface area contributed by atoms with E-state index in [1.54, 1.807) is 0 Å². The average molecular weight is 334 g/mol. The summed E-state index contributed by atoms with van der Waals surface area (Å²) < 4.78 is 19.0. The first-order valence-electron chi connectivity index (χ1n) is 0.752. The Kier molecular flexibility index (Phi) is 16.5. The molecule has 0 unspecified atom stereocenters. The van der Waals surface area contributed by atoms with Gasteiger partial charge in [-0.25, -0.2) is 4.57 Å². The minimum atomic E-state index is -5.14. The van der Waals surface area contributed by atoms with Crippen LogP contribution in [0.4, 0.5) is 4.20 Å². The predicted octanol–water partition coefficient (Wildman–Crippen LogP) is -0.107. The molecule has 0 spiro atoms. The van der Waals surface area contributed by atoms with Crippen molar-refractivity contribution >= 4 is 53.4 Å². The van der Waals surface area contributed by atoms with E-state index in [-0.39, 0.29) is 89.2 Å². The molecule has 0 saturated heterocycles. The molecule has 0 aromatic rings. The molecule has 0 saturated carbocycles. The number of hydrogen-bond donors (Lipinski definition) is 2. The van der Waals surface area contributed by atoms with Gasteiger partial charge in [0.1, 0.15) is 0 Å². The van der Waals surface area contributed by atoms with E-state index in [4.69, 9.17) is 14.4 Å². The van der Waals surface area contributed by atoms with Crippen LogP contribution in [-0.4, -0.2) is 55.3 Å². The number of hydrogen-bond acceptors (Lipinski definition) is 1. The van der Waals surface area contributed by atoms with Gasteiger partial charge in [0, 0.05) is 40.8 Å². The number of rotatable bonds is 0. The van der Waals surface area contributed by atoms with Crippen LogP contribution in [0.2, 0.25) is 0 Å². The van der Waals surface area contributed by atoms with E-state index in [2.05, 4.69) is 0 Å². The summed E-state index contributed by atoms with van der Waals surface area (Å²) in [5, 5.41) is 0. The molecular weight excluding hydrogens is 330 g/mol. The summed E-state index contributed by atoms with van der Waals surface area (Å²) in [6.45, 7) is 0. The molecule has 0 aliphatic rings. The van der Waals surface area contributed by atoms with Gasteiger partial charge < -0.3 is 2.85 Å². The van der Waals surface area contributed by atoms with Crippen molar-refractivity contribution in [2.45, 2.75) is 0 Å². The van der Waals surface area contributed by atoms with Gasteiger partial charge in [-0.05, 0) is 0 Å². The number of halogens is 1. The maximum atomic E-state index is 10.4. The molecule has 0 radical (unpaired) electrons. The van der Waals surface area contributed by atoms with Crippen molar-refractivity contribution in [1.29, 1.82) is 0 Å². The van der Waals surface area contributed by atoms with Crippen LogP contribution in [0.25, 0.3) is 0 Å². The Morgan fingerprint density at radius 2 is 1.57 bits per heavy atom. The second-order valence-corrected chi connectivity index (χ2v) is 1.42. The molecule has 0 fully saturated rings. The topological polar surface area (TPSA) is 57.5 Å². The Bertz CT molecular complexity index is 67.9. The van der Waals surface area contributed by atoms with Crippen molar-refractivity contribution in [3.63, 3.8) is 0 Å². The van der Waals surface area contributed by atoms with Crippen molar-refractivity contribution in [3.8, 4) is 0 Å². The van der Waals surface area contributed by atoms with Gasteiger partial charge in [-0.1, -0.05) is 0 Å². The van der Waals surface area contributed by atoms with Crippen molar-refractivity contribution < 1.29 is 62.2 Å².